The second kappa shape index (κ2) is 8.73. The fourth-order valence-electron chi connectivity index (χ4n) is 2.85. The molecule has 0 atom stereocenters. The van der Waals surface area contributed by atoms with Crippen LogP contribution in [0.4, 0.5) is 5.69 Å². The number of rotatable bonds is 7. The van der Waals surface area contributed by atoms with E-state index in [9.17, 15) is 4.79 Å². The van der Waals surface area contributed by atoms with E-state index >= 15 is 0 Å². The summed E-state index contributed by atoms with van der Waals surface area (Å²) in [6.45, 7) is 4.62. The van der Waals surface area contributed by atoms with Crippen LogP contribution in [-0.4, -0.2) is 22.3 Å². The van der Waals surface area contributed by atoms with Crippen LogP contribution in [0.3, 0.4) is 0 Å². The number of carbonyl (C=O) groups is 1. The average Bonchev–Trinajstić information content (AvgIpc) is 3.08. The van der Waals surface area contributed by atoms with Crippen LogP contribution in [-0.2, 0) is 6.42 Å². The first kappa shape index (κ1) is 19.0. The van der Waals surface area contributed by atoms with E-state index < -0.39 is 0 Å². The minimum Gasteiger partial charge on any atom is -0.494 e. The Labute approximate surface area is 163 Å². The Kier molecular flexibility index (Phi) is 6.14. The highest BCUT2D eigenvalue weighted by Crippen LogP contribution is 2.21. The molecule has 6 heteroatoms. The highest BCUT2D eigenvalue weighted by Gasteiger charge is 2.18. The van der Waals surface area contributed by atoms with Crippen molar-refractivity contribution >= 4 is 23.2 Å². The number of amides is 1. The number of benzene rings is 2. The van der Waals surface area contributed by atoms with Crippen molar-refractivity contribution in [1.82, 2.24) is 9.78 Å². The number of carbonyl (C=O) groups excluding carboxylic acids is 1. The van der Waals surface area contributed by atoms with E-state index in [0.717, 1.165) is 30.0 Å². The lowest BCUT2D eigenvalue weighted by Crippen LogP contribution is -2.14. The first-order valence-corrected chi connectivity index (χ1v) is 9.37. The Morgan fingerprint density at radius 3 is 2.44 bits per heavy atom. The summed E-state index contributed by atoms with van der Waals surface area (Å²) in [6, 6.07) is 14.7. The van der Waals surface area contributed by atoms with E-state index in [0.29, 0.717) is 22.9 Å². The van der Waals surface area contributed by atoms with Crippen LogP contribution in [0, 0.1) is 0 Å². The smallest absolute Gasteiger partial charge is 0.259 e. The third-order valence-electron chi connectivity index (χ3n) is 4.09. The molecule has 2 aromatic carbocycles. The molecular weight excluding hydrogens is 362 g/mol. The molecular formula is C21H22ClN3O2. The summed E-state index contributed by atoms with van der Waals surface area (Å²) < 4.78 is 7.23. The molecule has 0 spiro atoms. The monoisotopic (exact) mass is 383 g/mol. The second-order valence-corrected chi connectivity index (χ2v) is 6.49. The molecule has 0 aliphatic rings. The Hall–Kier alpha value is -2.79. The van der Waals surface area contributed by atoms with Crippen LogP contribution in [0.2, 0.25) is 5.02 Å². The topological polar surface area (TPSA) is 56.1 Å². The summed E-state index contributed by atoms with van der Waals surface area (Å²) in [5.74, 6) is 0.598. The average molecular weight is 384 g/mol. The van der Waals surface area contributed by atoms with E-state index in [-0.39, 0.29) is 5.91 Å². The van der Waals surface area contributed by atoms with Crippen molar-refractivity contribution in [1.29, 1.82) is 0 Å². The van der Waals surface area contributed by atoms with Crippen molar-refractivity contribution in [3.63, 3.8) is 0 Å². The summed E-state index contributed by atoms with van der Waals surface area (Å²) in [7, 11) is 0. The fourth-order valence-corrected chi connectivity index (χ4v) is 2.97. The Morgan fingerprint density at radius 2 is 1.81 bits per heavy atom. The standard InChI is InChI=1S/C21H22ClN3O2/c1-3-5-20-19(14-23-25(20)17-10-6-15(22)7-11-17)21(26)24-16-8-12-18(13-9-16)27-4-2/h6-14H,3-5H2,1-2H3,(H,24,26). The van der Waals surface area contributed by atoms with Crippen LogP contribution in [0.25, 0.3) is 5.69 Å². The maximum atomic E-state index is 12.8. The largest absolute Gasteiger partial charge is 0.494 e. The molecule has 5 nitrogen and oxygen atoms in total. The van der Waals surface area contributed by atoms with Gasteiger partial charge in [0, 0.05) is 10.7 Å². The van der Waals surface area contributed by atoms with Crippen molar-refractivity contribution < 1.29 is 9.53 Å². The second-order valence-electron chi connectivity index (χ2n) is 6.05. The Bertz CT molecular complexity index is 902. The molecule has 1 amide bonds. The van der Waals surface area contributed by atoms with E-state index in [1.165, 1.54) is 0 Å². The van der Waals surface area contributed by atoms with E-state index in [2.05, 4.69) is 17.3 Å². The molecule has 140 valence electrons. The van der Waals surface area contributed by atoms with Gasteiger partial charge in [0.15, 0.2) is 0 Å². The Morgan fingerprint density at radius 1 is 1.11 bits per heavy atom. The number of aromatic nitrogens is 2. The highest BCUT2D eigenvalue weighted by molar-refractivity contribution is 6.30. The lowest BCUT2D eigenvalue weighted by molar-refractivity contribution is 0.102. The van der Waals surface area contributed by atoms with Gasteiger partial charge in [-0.3, -0.25) is 4.79 Å². The number of hydrogen-bond donors (Lipinski definition) is 1. The van der Waals surface area contributed by atoms with Gasteiger partial charge in [-0.2, -0.15) is 5.10 Å². The Balaban J connectivity index is 1.84. The van der Waals surface area contributed by atoms with Gasteiger partial charge < -0.3 is 10.1 Å². The molecule has 0 radical (unpaired) electrons. The molecule has 3 rings (SSSR count). The van der Waals surface area contributed by atoms with Gasteiger partial charge >= 0.3 is 0 Å². The molecule has 0 saturated heterocycles. The quantitative estimate of drug-likeness (QED) is 0.615. The molecule has 0 unspecified atom stereocenters. The lowest BCUT2D eigenvalue weighted by Gasteiger charge is -2.10. The molecule has 27 heavy (non-hydrogen) atoms. The van der Waals surface area contributed by atoms with Crippen molar-refractivity contribution in [2.75, 3.05) is 11.9 Å². The predicted octanol–water partition coefficient (Wildman–Crippen LogP) is 5.13. The molecule has 0 fully saturated rings. The summed E-state index contributed by atoms with van der Waals surface area (Å²) >= 11 is 5.97. The first-order valence-electron chi connectivity index (χ1n) is 8.99. The molecule has 1 heterocycles. The van der Waals surface area contributed by atoms with Crippen molar-refractivity contribution in [3.8, 4) is 11.4 Å². The number of halogens is 1. The van der Waals surface area contributed by atoms with Crippen molar-refractivity contribution in [3.05, 3.63) is 71.0 Å². The third-order valence-corrected chi connectivity index (χ3v) is 4.35. The molecule has 3 aromatic rings. The minimum atomic E-state index is -0.178. The zero-order chi connectivity index (χ0) is 19.2. The summed E-state index contributed by atoms with van der Waals surface area (Å²) in [5.41, 5.74) is 3.04. The molecule has 0 bridgehead atoms. The minimum absolute atomic E-state index is 0.178. The molecule has 0 aliphatic carbocycles. The van der Waals surface area contributed by atoms with Crippen molar-refractivity contribution in [2.24, 2.45) is 0 Å². The lowest BCUT2D eigenvalue weighted by atomic mass is 10.1. The van der Waals surface area contributed by atoms with E-state index in [4.69, 9.17) is 16.3 Å². The number of hydrogen-bond acceptors (Lipinski definition) is 3. The summed E-state index contributed by atoms with van der Waals surface area (Å²) in [6.07, 6.45) is 3.26. The van der Waals surface area contributed by atoms with Crippen LogP contribution in [0.5, 0.6) is 5.75 Å². The normalized spacial score (nSPS) is 10.6. The maximum Gasteiger partial charge on any atom is 0.259 e. The fraction of sp³-hybridized carbons (Fsp3) is 0.238. The summed E-state index contributed by atoms with van der Waals surface area (Å²) in [5, 5.41) is 8.02. The zero-order valence-corrected chi connectivity index (χ0v) is 16.2. The maximum absolute atomic E-state index is 12.8. The number of nitrogens with one attached hydrogen (secondary N) is 1. The van der Waals surface area contributed by atoms with Gasteiger partial charge in [0.25, 0.3) is 5.91 Å². The number of anilines is 1. The molecule has 1 N–H and O–H groups in total. The van der Waals surface area contributed by atoms with E-state index in [1.54, 1.807) is 10.9 Å². The van der Waals surface area contributed by atoms with Crippen LogP contribution in [0.1, 0.15) is 36.3 Å². The van der Waals surface area contributed by atoms with Crippen molar-refractivity contribution in [2.45, 2.75) is 26.7 Å². The van der Waals surface area contributed by atoms with Gasteiger partial charge in [0.1, 0.15) is 5.75 Å². The van der Waals surface area contributed by atoms with Gasteiger partial charge in [-0.25, -0.2) is 4.68 Å². The zero-order valence-electron chi connectivity index (χ0n) is 15.4. The van der Waals surface area contributed by atoms with Gasteiger partial charge in [-0.15, -0.1) is 0 Å². The molecule has 0 aliphatic heterocycles. The molecule has 1 aromatic heterocycles. The van der Waals surface area contributed by atoms with Crippen LogP contribution < -0.4 is 10.1 Å². The third kappa shape index (κ3) is 4.49. The van der Waals surface area contributed by atoms with Crippen LogP contribution >= 0.6 is 11.6 Å². The summed E-state index contributed by atoms with van der Waals surface area (Å²) in [4.78, 5) is 12.8. The van der Waals surface area contributed by atoms with Gasteiger partial charge in [-0.05, 0) is 61.9 Å². The van der Waals surface area contributed by atoms with Gasteiger partial charge in [0.05, 0.1) is 29.7 Å². The highest BCUT2D eigenvalue weighted by atomic mass is 35.5. The van der Waals surface area contributed by atoms with E-state index in [1.807, 2.05) is 55.5 Å². The number of nitrogens with zero attached hydrogens (tertiary/aromatic N) is 2. The van der Waals surface area contributed by atoms with Gasteiger partial charge in [-0.1, -0.05) is 24.9 Å². The first-order chi connectivity index (χ1) is 13.1. The number of ether oxygens (including phenoxy) is 1. The van der Waals surface area contributed by atoms with Gasteiger partial charge in [0.2, 0.25) is 0 Å². The van der Waals surface area contributed by atoms with Crippen LogP contribution in [0.15, 0.2) is 54.7 Å². The molecule has 0 saturated carbocycles. The predicted molar refractivity (Wildman–Crippen MR) is 108 cm³/mol. The SMILES string of the molecule is CCCc1c(C(=O)Nc2ccc(OCC)cc2)cnn1-c1ccc(Cl)cc1.